The van der Waals surface area contributed by atoms with Crippen LogP contribution in [0.3, 0.4) is 0 Å². The summed E-state index contributed by atoms with van der Waals surface area (Å²) in [5.74, 6) is 2.36. The molecule has 1 unspecified atom stereocenters. The second-order valence-electron chi connectivity index (χ2n) is 4.39. The Morgan fingerprint density at radius 1 is 1.37 bits per heavy atom. The first-order valence-electron chi connectivity index (χ1n) is 5.90. The zero-order valence-electron chi connectivity index (χ0n) is 10.0. The van der Waals surface area contributed by atoms with Crippen LogP contribution in [0.5, 0.6) is 0 Å². The summed E-state index contributed by atoms with van der Waals surface area (Å²) in [6.45, 7) is 0. The molecular formula is C13H11BrN2O2S. The Morgan fingerprint density at radius 3 is 2.84 bits per heavy atom. The van der Waals surface area contributed by atoms with E-state index in [0.29, 0.717) is 23.9 Å². The molecule has 0 amide bonds. The first-order valence-corrected chi connectivity index (χ1v) is 7.84. The second-order valence-corrected chi connectivity index (χ2v) is 6.33. The number of hydrogen-bond donors (Lipinski definition) is 0. The number of aromatic nitrogens is 2. The number of thioether (sulfide) groups is 1. The Hall–Kier alpha value is -1.14. The van der Waals surface area contributed by atoms with Gasteiger partial charge in [-0.3, -0.25) is 4.79 Å². The maximum absolute atomic E-state index is 11.6. The fourth-order valence-electron chi connectivity index (χ4n) is 1.95. The molecular weight excluding hydrogens is 328 g/mol. The minimum absolute atomic E-state index is 0.184. The quantitative estimate of drug-likeness (QED) is 0.861. The van der Waals surface area contributed by atoms with Crippen LogP contribution in [-0.2, 0) is 11.2 Å². The van der Waals surface area contributed by atoms with E-state index in [4.69, 9.17) is 4.52 Å². The van der Waals surface area contributed by atoms with E-state index in [1.54, 1.807) is 11.8 Å². The van der Waals surface area contributed by atoms with Crippen molar-refractivity contribution in [2.45, 2.75) is 12.3 Å². The number of rotatable bonds is 3. The number of halogens is 1. The maximum Gasteiger partial charge on any atom is 0.238 e. The molecule has 1 aromatic heterocycles. The van der Waals surface area contributed by atoms with E-state index < -0.39 is 0 Å². The number of carbonyl (C=O) groups excluding carboxylic acids is 1. The SMILES string of the molecule is O=C1CSCC1c1nc(Cc2ccc(Br)cc2)no1. The van der Waals surface area contributed by atoms with Crippen LogP contribution < -0.4 is 0 Å². The highest BCUT2D eigenvalue weighted by atomic mass is 79.9. The van der Waals surface area contributed by atoms with Gasteiger partial charge >= 0.3 is 0 Å². The van der Waals surface area contributed by atoms with Crippen LogP contribution in [0, 0.1) is 0 Å². The average molecular weight is 339 g/mol. The van der Waals surface area contributed by atoms with Gasteiger partial charge in [-0.15, -0.1) is 0 Å². The summed E-state index contributed by atoms with van der Waals surface area (Å²) < 4.78 is 6.25. The van der Waals surface area contributed by atoms with Crippen LogP contribution in [0.2, 0.25) is 0 Å². The number of carbonyl (C=O) groups is 1. The normalized spacial score (nSPS) is 19.0. The van der Waals surface area contributed by atoms with E-state index in [0.717, 1.165) is 15.8 Å². The molecule has 3 rings (SSSR count). The molecule has 1 aromatic carbocycles. The van der Waals surface area contributed by atoms with Gasteiger partial charge in [0.1, 0.15) is 5.92 Å². The summed E-state index contributed by atoms with van der Waals surface area (Å²) in [5.41, 5.74) is 1.11. The fourth-order valence-corrected chi connectivity index (χ4v) is 3.29. The largest absolute Gasteiger partial charge is 0.339 e. The number of ketones is 1. The lowest BCUT2D eigenvalue weighted by Crippen LogP contribution is -2.09. The lowest BCUT2D eigenvalue weighted by molar-refractivity contribution is -0.117. The van der Waals surface area contributed by atoms with Gasteiger partial charge in [-0.1, -0.05) is 33.2 Å². The van der Waals surface area contributed by atoms with Crippen LogP contribution in [0.25, 0.3) is 0 Å². The zero-order valence-corrected chi connectivity index (χ0v) is 12.4. The molecule has 2 heterocycles. The van der Waals surface area contributed by atoms with Crippen molar-refractivity contribution in [1.29, 1.82) is 0 Å². The van der Waals surface area contributed by atoms with Gasteiger partial charge in [0, 0.05) is 16.6 Å². The van der Waals surface area contributed by atoms with Crippen LogP contribution >= 0.6 is 27.7 Å². The second kappa shape index (κ2) is 5.46. The van der Waals surface area contributed by atoms with Crippen LogP contribution in [0.1, 0.15) is 23.2 Å². The number of hydrogen-bond acceptors (Lipinski definition) is 5. The van der Waals surface area contributed by atoms with E-state index in [1.165, 1.54) is 0 Å². The van der Waals surface area contributed by atoms with E-state index in [9.17, 15) is 4.79 Å². The van der Waals surface area contributed by atoms with Gasteiger partial charge in [-0.25, -0.2) is 0 Å². The van der Waals surface area contributed by atoms with Gasteiger partial charge in [0.05, 0.1) is 5.75 Å². The highest BCUT2D eigenvalue weighted by Crippen LogP contribution is 2.28. The van der Waals surface area contributed by atoms with E-state index in [2.05, 4.69) is 26.1 Å². The van der Waals surface area contributed by atoms with Crippen molar-refractivity contribution >= 4 is 33.5 Å². The lowest BCUT2D eigenvalue weighted by atomic mass is 10.1. The smallest absolute Gasteiger partial charge is 0.238 e. The summed E-state index contributed by atoms with van der Waals surface area (Å²) in [6, 6.07) is 7.98. The van der Waals surface area contributed by atoms with Crippen molar-refractivity contribution in [2.75, 3.05) is 11.5 Å². The Labute approximate surface area is 123 Å². The molecule has 1 atom stereocenters. The molecule has 0 aliphatic carbocycles. The van der Waals surface area contributed by atoms with Crippen molar-refractivity contribution in [3.63, 3.8) is 0 Å². The van der Waals surface area contributed by atoms with E-state index >= 15 is 0 Å². The first kappa shape index (κ1) is 12.9. The van der Waals surface area contributed by atoms with Crippen molar-refractivity contribution in [3.05, 3.63) is 46.0 Å². The molecule has 1 aliphatic heterocycles. The van der Waals surface area contributed by atoms with Crippen molar-refractivity contribution < 1.29 is 9.32 Å². The Kier molecular flexibility index (Phi) is 3.70. The van der Waals surface area contributed by atoms with Crippen LogP contribution in [0.4, 0.5) is 0 Å². The molecule has 98 valence electrons. The van der Waals surface area contributed by atoms with Gasteiger partial charge in [0.25, 0.3) is 0 Å². The molecule has 19 heavy (non-hydrogen) atoms. The Morgan fingerprint density at radius 2 is 2.16 bits per heavy atom. The highest BCUT2D eigenvalue weighted by molar-refractivity contribution is 9.10. The molecule has 6 heteroatoms. The third kappa shape index (κ3) is 2.90. The predicted octanol–water partition coefficient (Wildman–Crippen LogP) is 2.82. The summed E-state index contributed by atoms with van der Waals surface area (Å²) in [6.07, 6.45) is 0.616. The van der Waals surface area contributed by atoms with Gasteiger partial charge < -0.3 is 4.52 Å². The molecule has 0 saturated carbocycles. The van der Waals surface area contributed by atoms with Crippen molar-refractivity contribution in [2.24, 2.45) is 0 Å². The third-order valence-corrected chi connectivity index (χ3v) is 4.56. The lowest BCUT2D eigenvalue weighted by Gasteiger charge is -1.98. The van der Waals surface area contributed by atoms with Gasteiger partial charge in [0.2, 0.25) is 5.89 Å². The topological polar surface area (TPSA) is 56.0 Å². The Balaban J connectivity index is 1.74. The maximum atomic E-state index is 11.6. The van der Waals surface area contributed by atoms with Gasteiger partial charge in [0.15, 0.2) is 11.6 Å². The van der Waals surface area contributed by atoms with E-state index in [-0.39, 0.29) is 11.7 Å². The molecule has 1 fully saturated rings. The molecule has 0 bridgehead atoms. The predicted molar refractivity (Wildman–Crippen MR) is 76.3 cm³/mol. The Bertz CT molecular complexity index is 597. The number of benzene rings is 1. The average Bonchev–Trinajstić information content (AvgIpc) is 3.01. The molecule has 0 spiro atoms. The summed E-state index contributed by atoms with van der Waals surface area (Å²) in [5, 5.41) is 3.95. The third-order valence-electron chi connectivity index (χ3n) is 2.97. The fraction of sp³-hybridized carbons (Fsp3) is 0.308. The molecule has 4 nitrogen and oxygen atoms in total. The number of Topliss-reactive ketones (excluding diaryl/α,β-unsaturated/α-hetero) is 1. The summed E-state index contributed by atoms with van der Waals surface area (Å²) >= 11 is 5.01. The highest BCUT2D eigenvalue weighted by Gasteiger charge is 2.31. The van der Waals surface area contributed by atoms with Crippen LogP contribution in [-0.4, -0.2) is 27.4 Å². The first-order chi connectivity index (χ1) is 9.22. The zero-order chi connectivity index (χ0) is 13.2. The monoisotopic (exact) mass is 338 g/mol. The minimum atomic E-state index is -0.212. The molecule has 1 saturated heterocycles. The van der Waals surface area contributed by atoms with Crippen molar-refractivity contribution in [3.8, 4) is 0 Å². The van der Waals surface area contributed by atoms with Crippen molar-refractivity contribution in [1.82, 2.24) is 10.1 Å². The molecule has 2 aromatic rings. The van der Waals surface area contributed by atoms with Gasteiger partial charge in [-0.05, 0) is 17.7 Å². The molecule has 1 aliphatic rings. The number of nitrogens with zero attached hydrogens (tertiary/aromatic N) is 2. The summed E-state index contributed by atoms with van der Waals surface area (Å²) in [4.78, 5) is 16.0. The molecule has 0 N–H and O–H groups in total. The standard InChI is InChI=1S/C13H11BrN2O2S/c14-9-3-1-8(2-4-9)5-12-15-13(18-16-12)10-6-19-7-11(10)17/h1-4,10H,5-7H2. The molecule has 0 radical (unpaired) electrons. The minimum Gasteiger partial charge on any atom is -0.339 e. The van der Waals surface area contributed by atoms with Crippen LogP contribution in [0.15, 0.2) is 33.3 Å². The van der Waals surface area contributed by atoms with Gasteiger partial charge in [-0.2, -0.15) is 16.7 Å². The summed E-state index contributed by atoms with van der Waals surface area (Å²) in [7, 11) is 0. The van der Waals surface area contributed by atoms with E-state index in [1.807, 2.05) is 24.3 Å².